The average molecular weight is 242 g/mol. The lowest BCUT2D eigenvalue weighted by molar-refractivity contribution is -0.120. The van der Waals surface area contributed by atoms with Crippen LogP contribution in [0.25, 0.3) is 0 Å². The number of hydrogen-bond acceptors (Lipinski definition) is 5. The van der Waals surface area contributed by atoms with E-state index in [4.69, 9.17) is 0 Å². The highest BCUT2D eigenvalue weighted by molar-refractivity contribution is 7.11. The molecule has 16 heavy (non-hydrogen) atoms. The van der Waals surface area contributed by atoms with Crippen LogP contribution in [-0.2, 0) is 16.8 Å². The molecule has 1 aromatic rings. The van der Waals surface area contributed by atoms with Crippen LogP contribution in [0, 0.1) is 0 Å². The van der Waals surface area contributed by atoms with Gasteiger partial charge in [0.1, 0.15) is 10.0 Å². The Labute approximate surface area is 99.7 Å². The average Bonchev–Trinajstić information content (AvgIpc) is 2.63. The van der Waals surface area contributed by atoms with Crippen molar-refractivity contribution in [2.24, 2.45) is 0 Å². The van der Waals surface area contributed by atoms with E-state index in [1.807, 2.05) is 0 Å². The lowest BCUT2D eigenvalue weighted by Gasteiger charge is -2.12. The van der Waals surface area contributed by atoms with Gasteiger partial charge in [-0.1, -0.05) is 32.1 Å². The summed E-state index contributed by atoms with van der Waals surface area (Å²) in [6.07, 6.45) is 0. The highest BCUT2D eigenvalue weighted by atomic mass is 32.1. The van der Waals surface area contributed by atoms with Gasteiger partial charge in [0.05, 0.1) is 13.1 Å². The smallest absolute Gasteiger partial charge is 0.234 e. The van der Waals surface area contributed by atoms with Crippen LogP contribution >= 0.6 is 11.3 Å². The number of hydrogen-bond donors (Lipinski definition) is 2. The molecule has 0 saturated carbocycles. The lowest BCUT2D eigenvalue weighted by atomic mass is 9.98. The molecule has 0 aliphatic heterocycles. The van der Waals surface area contributed by atoms with Gasteiger partial charge in [-0.15, -0.1) is 10.2 Å². The zero-order valence-electron chi connectivity index (χ0n) is 10.1. The predicted octanol–water partition coefficient (Wildman–Crippen LogP) is 0.671. The molecule has 0 radical (unpaired) electrons. The SMILES string of the molecule is CNCC(=O)NCc1nnc(C(C)(C)C)s1. The Balaban J connectivity index is 2.50. The van der Waals surface area contributed by atoms with E-state index < -0.39 is 0 Å². The molecule has 1 rings (SSSR count). The molecule has 1 aromatic heterocycles. The molecule has 0 saturated heterocycles. The van der Waals surface area contributed by atoms with Crippen LogP contribution in [0.2, 0.25) is 0 Å². The minimum absolute atomic E-state index is 0.0187. The topological polar surface area (TPSA) is 66.9 Å². The van der Waals surface area contributed by atoms with Crippen LogP contribution < -0.4 is 10.6 Å². The van der Waals surface area contributed by atoms with Gasteiger partial charge in [0.15, 0.2) is 0 Å². The van der Waals surface area contributed by atoms with Crippen molar-refractivity contribution in [2.75, 3.05) is 13.6 Å². The Morgan fingerprint density at radius 3 is 2.56 bits per heavy atom. The van der Waals surface area contributed by atoms with Crippen molar-refractivity contribution in [3.63, 3.8) is 0 Å². The van der Waals surface area contributed by atoms with Crippen LogP contribution in [-0.4, -0.2) is 29.7 Å². The maximum Gasteiger partial charge on any atom is 0.234 e. The molecule has 0 spiro atoms. The number of likely N-dealkylation sites (N-methyl/N-ethyl adjacent to an activating group) is 1. The van der Waals surface area contributed by atoms with Crippen molar-refractivity contribution in [1.82, 2.24) is 20.8 Å². The van der Waals surface area contributed by atoms with Crippen LogP contribution in [0.1, 0.15) is 30.8 Å². The van der Waals surface area contributed by atoms with Gasteiger partial charge in [-0.05, 0) is 7.05 Å². The third kappa shape index (κ3) is 3.86. The lowest BCUT2D eigenvalue weighted by Crippen LogP contribution is -2.31. The summed E-state index contributed by atoms with van der Waals surface area (Å²) in [7, 11) is 1.74. The molecule has 6 heteroatoms. The molecular weight excluding hydrogens is 224 g/mol. The van der Waals surface area contributed by atoms with Gasteiger partial charge in [0, 0.05) is 5.41 Å². The Bertz CT molecular complexity index is 356. The van der Waals surface area contributed by atoms with E-state index in [1.54, 1.807) is 18.4 Å². The highest BCUT2D eigenvalue weighted by Gasteiger charge is 2.19. The molecule has 0 atom stereocenters. The first-order valence-electron chi connectivity index (χ1n) is 5.17. The molecule has 0 aromatic carbocycles. The van der Waals surface area contributed by atoms with E-state index in [2.05, 4.69) is 41.6 Å². The second-order valence-electron chi connectivity index (χ2n) is 4.56. The Hall–Kier alpha value is -1.01. The number of nitrogens with one attached hydrogen (secondary N) is 2. The summed E-state index contributed by atoms with van der Waals surface area (Å²) in [5.74, 6) is -0.0324. The molecule has 5 nitrogen and oxygen atoms in total. The minimum Gasteiger partial charge on any atom is -0.348 e. The van der Waals surface area contributed by atoms with Gasteiger partial charge in [-0.2, -0.15) is 0 Å². The first kappa shape index (κ1) is 13.1. The first-order chi connectivity index (χ1) is 7.43. The fraction of sp³-hybridized carbons (Fsp3) is 0.700. The van der Waals surface area contributed by atoms with E-state index in [9.17, 15) is 4.79 Å². The van der Waals surface area contributed by atoms with Crippen LogP contribution in [0.15, 0.2) is 0 Å². The third-order valence-corrected chi connectivity index (χ3v) is 3.23. The monoisotopic (exact) mass is 242 g/mol. The Kier molecular flexibility index (Phi) is 4.37. The number of rotatable bonds is 4. The van der Waals surface area contributed by atoms with E-state index in [0.717, 1.165) is 10.0 Å². The zero-order valence-corrected chi connectivity index (χ0v) is 10.9. The normalized spacial score (nSPS) is 11.5. The van der Waals surface area contributed by atoms with Crippen LogP contribution in [0.3, 0.4) is 0 Å². The molecular formula is C10H18N4OS. The fourth-order valence-electron chi connectivity index (χ4n) is 1.03. The molecule has 0 unspecified atom stereocenters. The molecule has 1 amide bonds. The summed E-state index contributed by atoms with van der Waals surface area (Å²) >= 11 is 1.54. The first-order valence-corrected chi connectivity index (χ1v) is 5.99. The molecule has 0 aliphatic rings. The molecule has 90 valence electrons. The zero-order chi connectivity index (χ0) is 12.2. The van der Waals surface area contributed by atoms with E-state index in [1.165, 1.54) is 0 Å². The van der Waals surface area contributed by atoms with Gasteiger partial charge in [-0.3, -0.25) is 4.79 Å². The molecule has 1 heterocycles. The molecule has 0 bridgehead atoms. The van der Waals surface area contributed by atoms with Crippen molar-refractivity contribution in [3.8, 4) is 0 Å². The predicted molar refractivity (Wildman–Crippen MR) is 64.4 cm³/mol. The number of carbonyl (C=O) groups excluding carboxylic acids is 1. The van der Waals surface area contributed by atoms with Gasteiger partial charge in [0.2, 0.25) is 5.91 Å². The Morgan fingerprint density at radius 2 is 2.06 bits per heavy atom. The van der Waals surface area contributed by atoms with Crippen molar-refractivity contribution >= 4 is 17.2 Å². The van der Waals surface area contributed by atoms with Crippen LogP contribution in [0.5, 0.6) is 0 Å². The second kappa shape index (κ2) is 5.36. The summed E-state index contributed by atoms with van der Waals surface area (Å²) in [6, 6.07) is 0. The molecule has 0 fully saturated rings. The second-order valence-corrected chi connectivity index (χ2v) is 5.62. The third-order valence-electron chi connectivity index (χ3n) is 1.88. The van der Waals surface area contributed by atoms with Crippen molar-refractivity contribution in [3.05, 3.63) is 10.0 Å². The number of nitrogens with zero attached hydrogens (tertiary/aromatic N) is 2. The van der Waals surface area contributed by atoms with Crippen molar-refractivity contribution in [1.29, 1.82) is 0 Å². The largest absolute Gasteiger partial charge is 0.348 e. The standard InChI is InChI=1S/C10H18N4OS/c1-10(2,3)9-14-13-8(16-9)6-12-7(15)5-11-4/h11H,5-6H2,1-4H3,(H,12,15). The van der Waals surface area contributed by atoms with E-state index >= 15 is 0 Å². The summed E-state index contributed by atoms with van der Waals surface area (Å²) in [4.78, 5) is 11.2. The maximum atomic E-state index is 11.2. The molecule has 2 N–H and O–H groups in total. The molecule has 0 aliphatic carbocycles. The quantitative estimate of drug-likeness (QED) is 0.814. The summed E-state index contributed by atoms with van der Waals surface area (Å²) in [6.45, 7) is 7.06. The number of aromatic nitrogens is 2. The summed E-state index contributed by atoms with van der Waals surface area (Å²) in [5, 5.41) is 15.6. The number of amides is 1. The van der Waals surface area contributed by atoms with Crippen molar-refractivity contribution in [2.45, 2.75) is 32.7 Å². The Morgan fingerprint density at radius 1 is 1.38 bits per heavy atom. The van der Waals surface area contributed by atoms with Gasteiger partial charge in [-0.25, -0.2) is 0 Å². The minimum atomic E-state index is -0.0324. The highest BCUT2D eigenvalue weighted by Crippen LogP contribution is 2.24. The van der Waals surface area contributed by atoms with Crippen molar-refractivity contribution < 1.29 is 4.79 Å². The van der Waals surface area contributed by atoms with Gasteiger partial charge < -0.3 is 10.6 Å². The van der Waals surface area contributed by atoms with Gasteiger partial charge in [0.25, 0.3) is 0 Å². The fourth-order valence-corrected chi connectivity index (χ4v) is 1.86. The number of carbonyl (C=O) groups is 1. The van der Waals surface area contributed by atoms with Crippen LogP contribution in [0.4, 0.5) is 0 Å². The van der Waals surface area contributed by atoms with Gasteiger partial charge >= 0.3 is 0 Å². The summed E-state index contributed by atoms with van der Waals surface area (Å²) in [5.41, 5.74) is 0.0187. The van der Waals surface area contributed by atoms with E-state index in [0.29, 0.717) is 13.1 Å². The summed E-state index contributed by atoms with van der Waals surface area (Å²) < 4.78 is 0. The maximum absolute atomic E-state index is 11.2. The van der Waals surface area contributed by atoms with E-state index in [-0.39, 0.29) is 11.3 Å².